The minimum atomic E-state index is -3.01. The lowest BCUT2D eigenvalue weighted by molar-refractivity contribution is -0.117. The Labute approximate surface area is 128 Å². The fourth-order valence-electron chi connectivity index (χ4n) is 2.64. The number of thioether (sulfide) groups is 1. The van der Waals surface area contributed by atoms with Crippen molar-refractivity contribution in [3.63, 3.8) is 0 Å². The maximum Gasteiger partial charge on any atom is 0.247 e. The Bertz CT molecular complexity index is 685. The number of para-hydroxylation sites is 1. The van der Waals surface area contributed by atoms with Gasteiger partial charge >= 0.3 is 0 Å². The van der Waals surface area contributed by atoms with Crippen LogP contribution in [-0.2, 0) is 14.6 Å². The summed E-state index contributed by atoms with van der Waals surface area (Å²) in [6.45, 7) is 1.77. The van der Waals surface area contributed by atoms with Crippen LogP contribution in [0.5, 0.6) is 0 Å². The summed E-state index contributed by atoms with van der Waals surface area (Å²) in [7, 11) is -3.01. The number of anilines is 1. The van der Waals surface area contributed by atoms with Crippen LogP contribution in [0.2, 0.25) is 0 Å². The number of aliphatic imine (C=N–C) groups is 1. The molecule has 112 valence electrons. The number of amidine groups is 1. The molecule has 0 unspecified atom stereocenters. The summed E-state index contributed by atoms with van der Waals surface area (Å²) in [6.07, 6.45) is 0.348. The Hall–Kier alpha value is -1.34. The molecule has 1 amide bonds. The summed E-state index contributed by atoms with van der Waals surface area (Å²) in [5.74, 6) is 0.102. The first-order valence-electron chi connectivity index (χ1n) is 6.83. The SMILES string of the molecule is CCC(=O)N=C1S[C@H]2CS(=O)(=O)C[C@H]2N1c1ccccc1. The zero-order valence-electron chi connectivity index (χ0n) is 11.6. The molecule has 2 aliphatic heterocycles. The Morgan fingerprint density at radius 2 is 2.05 bits per heavy atom. The summed E-state index contributed by atoms with van der Waals surface area (Å²) in [6, 6.07) is 9.40. The third kappa shape index (κ3) is 2.85. The first-order valence-corrected chi connectivity index (χ1v) is 9.53. The number of rotatable bonds is 2. The zero-order valence-corrected chi connectivity index (χ0v) is 13.2. The van der Waals surface area contributed by atoms with Gasteiger partial charge in [0.2, 0.25) is 5.91 Å². The summed E-state index contributed by atoms with van der Waals surface area (Å²) in [4.78, 5) is 17.7. The van der Waals surface area contributed by atoms with Crippen LogP contribution >= 0.6 is 11.8 Å². The molecule has 3 rings (SSSR count). The Kier molecular flexibility index (Phi) is 3.79. The number of fused-ring (bicyclic) bond motifs is 1. The second-order valence-electron chi connectivity index (χ2n) is 5.15. The fourth-order valence-corrected chi connectivity index (χ4v) is 6.57. The van der Waals surface area contributed by atoms with Crippen molar-refractivity contribution < 1.29 is 13.2 Å². The number of hydrogen-bond donors (Lipinski definition) is 0. The normalized spacial score (nSPS) is 28.8. The molecule has 0 radical (unpaired) electrons. The molecule has 1 aromatic carbocycles. The van der Waals surface area contributed by atoms with E-state index in [1.54, 1.807) is 6.92 Å². The van der Waals surface area contributed by atoms with Crippen molar-refractivity contribution in [2.24, 2.45) is 4.99 Å². The molecule has 0 bridgehead atoms. The van der Waals surface area contributed by atoms with Gasteiger partial charge in [0.05, 0.1) is 17.5 Å². The van der Waals surface area contributed by atoms with E-state index in [1.165, 1.54) is 11.8 Å². The van der Waals surface area contributed by atoms with E-state index in [1.807, 2.05) is 35.2 Å². The third-order valence-electron chi connectivity index (χ3n) is 3.62. The molecular formula is C14H16N2O3S2. The monoisotopic (exact) mass is 324 g/mol. The molecule has 2 saturated heterocycles. The Morgan fingerprint density at radius 3 is 2.71 bits per heavy atom. The molecule has 1 aromatic rings. The molecule has 0 N–H and O–H groups in total. The van der Waals surface area contributed by atoms with E-state index in [9.17, 15) is 13.2 Å². The van der Waals surface area contributed by atoms with Crippen LogP contribution in [0.3, 0.4) is 0 Å². The lowest BCUT2D eigenvalue weighted by atomic mass is 10.2. The van der Waals surface area contributed by atoms with Crippen molar-refractivity contribution >= 4 is 38.4 Å². The number of hydrogen-bond acceptors (Lipinski definition) is 4. The van der Waals surface area contributed by atoms with Crippen molar-refractivity contribution in [2.75, 3.05) is 16.4 Å². The minimum Gasteiger partial charge on any atom is -0.316 e. The largest absolute Gasteiger partial charge is 0.316 e. The van der Waals surface area contributed by atoms with Crippen LogP contribution in [0.1, 0.15) is 13.3 Å². The van der Waals surface area contributed by atoms with E-state index < -0.39 is 9.84 Å². The van der Waals surface area contributed by atoms with Gasteiger partial charge in [0.1, 0.15) is 0 Å². The highest BCUT2D eigenvalue weighted by Crippen LogP contribution is 2.40. The second kappa shape index (κ2) is 5.46. The summed E-state index contributed by atoms with van der Waals surface area (Å²) < 4.78 is 23.7. The lowest BCUT2D eigenvalue weighted by Gasteiger charge is -2.24. The summed E-state index contributed by atoms with van der Waals surface area (Å²) >= 11 is 1.41. The number of carbonyl (C=O) groups excluding carboxylic acids is 1. The van der Waals surface area contributed by atoms with Gasteiger partial charge in [-0.1, -0.05) is 36.9 Å². The number of benzene rings is 1. The van der Waals surface area contributed by atoms with E-state index in [0.29, 0.717) is 11.6 Å². The van der Waals surface area contributed by atoms with Crippen molar-refractivity contribution in [2.45, 2.75) is 24.6 Å². The van der Waals surface area contributed by atoms with Crippen LogP contribution in [0.4, 0.5) is 5.69 Å². The van der Waals surface area contributed by atoms with Crippen molar-refractivity contribution in [3.8, 4) is 0 Å². The number of amides is 1. The van der Waals surface area contributed by atoms with E-state index in [4.69, 9.17) is 0 Å². The highest BCUT2D eigenvalue weighted by atomic mass is 32.2. The molecule has 21 heavy (non-hydrogen) atoms. The van der Waals surface area contributed by atoms with Crippen LogP contribution in [0.25, 0.3) is 0 Å². The quantitative estimate of drug-likeness (QED) is 0.828. The van der Waals surface area contributed by atoms with Gasteiger partial charge in [-0.25, -0.2) is 8.42 Å². The van der Waals surface area contributed by atoms with Gasteiger partial charge in [-0.15, -0.1) is 0 Å². The second-order valence-corrected chi connectivity index (χ2v) is 8.51. The maximum atomic E-state index is 11.9. The van der Waals surface area contributed by atoms with Gasteiger partial charge < -0.3 is 4.90 Å². The molecule has 0 saturated carbocycles. The van der Waals surface area contributed by atoms with Gasteiger partial charge in [-0.3, -0.25) is 4.79 Å². The number of nitrogens with zero attached hydrogens (tertiary/aromatic N) is 2. The molecule has 0 spiro atoms. The first kappa shape index (κ1) is 14.6. The van der Waals surface area contributed by atoms with Crippen molar-refractivity contribution in [3.05, 3.63) is 30.3 Å². The minimum absolute atomic E-state index is 0.0430. The topological polar surface area (TPSA) is 66.8 Å². The molecule has 0 aliphatic carbocycles. The molecule has 2 aliphatic rings. The van der Waals surface area contributed by atoms with E-state index in [2.05, 4.69) is 4.99 Å². The standard InChI is InChI=1S/C14H16N2O3S2/c1-2-13(17)15-14-16(10-6-4-3-5-7-10)11-8-21(18,19)9-12(11)20-14/h3-7,11-12H,2,8-9H2,1H3/t11-,12+/m1/s1. The molecule has 7 heteroatoms. The molecule has 2 fully saturated rings. The lowest BCUT2D eigenvalue weighted by Crippen LogP contribution is -2.37. The Balaban J connectivity index is 2.00. The predicted octanol–water partition coefficient (Wildman–Crippen LogP) is 1.70. The highest BCUT2D eigenvalue weighted by Gasteiger charge is 2.49. The average molecular weight is 324 g/mol. The van der Waals surface area contributed by atoms with Gasteiger partial charge in [0.15, 0.2) is 15.0 Å². The van der Waals surface area contributed by atoms with E-state index in [-0.39, 0.29) is 28.7 Å². The van der Waals surface area contributed by atoms with E-state index >= 15 is 0 Å². The van der Waals surface area contributed by atoms with Crippen molar-refractivity contribution in [1.82, 2.24) is 0 Å². The molecule has 5 nitrogen and oxygen atoms in total. The van der Waals surface area contributed by atoms with Crippen LogP contribution in [0, 0.1) is 0 Å². The summed E-state index contributed by atoms with van der Waals surface area (Å²) in [5, 5.41) is 0.580. The Morgan fingerprint density at radius 1 is 1.33 bits per heavy atom. The smallest absolute Gasteiger partial charge is 0.247 e. The maximum absolute atomic E-state index is 11.9. The van der Waals surface area contributed by atoms with Gasteiger partial charge in [-0.2, -0.15) is 4.99 Å². The molecule has 0 aromatic heterocycles. The first-order chi connectivity index (χ1) is 10.00. The summed E-state index contributed by atoms with van der Waals surface area (Å²) in [5.41, 5.74) is 0.886. The third-order valence-corrected chi connectivity index (χ3v) is 6.83. The van der Waals surface area contributed by atoms with Gasteiger partial charge in [0.25, 0.3) is 0 Å². The number of carbonyl (C=O) groups is 1. The van der Waals surface area contributed by atoms with Gasteiger partial charge in [0, 0.05) is 17.4 Å². The predicted molar refractivity (Wildman–Crippen MR) is 85.5 cm³/mol. The van der Waals surface area contributed by atoms with Crippen LogP contribution in [0.15, 0.2) is 35.3 Å². The van der Waals surface area contributed by atoms with Gasteiger partial charge in [-0.05, 0) is 12.1 Å². The van der Waals surface area contributed by atoms with Crippen LogP contribution < -0.4 is 4.90 Å². The molecule has 2 atom stereocenters. The zero-order chi connectivity index (χ0) is 15.0. The molecular weight excluding hydrogens is 308 g/mol. The number of sulfone groups is 1. The van der Waals surface area contributed by atoms with E-state index in [0.717, 1.165) is 5.69 Å². The van der Waals surface area contributed by atoms with Crippen LogP contribution in [-0.4, -0.2) is 42.3 Å². The fraction of sp³-hybridized carbons (Fsp3) is 0.429. The average Bonchev–Trinajstić information content (AvgIpc) is 2.90. The van der Waals surface area contributed by atoms with Crippen molar-refractivity contribution in [1.29, 1.82) is 0 Å². The highest BCUT2D eigenvalue weighted by molar-refractivity contribution is 8.16. The molecule has 2 heterocycles.